The second-order valence-corrected chi connectivity index (χ2v) is 5.68. The zero-order valence-corrected chi connectivity index (χ0v) is 11.3. The fraction of sp³-hybridized carbons (Fsp3) is 0.500. The molecule has 3 rings (SSSR count). The summed E-state index contributed by atoms with van der Waals surface area (Å²) in [7, 11) is 0. The van der Waals surface area contributed by atoms with Crippen molar-refractivity contribution < 1.29 is 0 Å². The van der Waals surface area contributed by atoms with Crippen LogP contribution in [0.3, 0.4) is 0 Å². The van der Waals surface area contributed by atoms with E-state index in [1.165, 1.54) is 35.1 Å². The predicted molar refractivity (Wildman–Crippen MR) is 73.2 cm³/mol. The van der Waals surface area contributed by atoms with Gasteiger partial charge in [-0.05, 0) is 49.8 Å². The molecule has 0 aliphatic heterocycles. The topological polar surface area (TPSA) is 37.8 Å². The Labute approximate surface area is 109 Å². The molecule has 5 heteroatoms. The first-order valence-electron chi connectivity index (χ1n) is 6.01. The summed E-state index contributed by atoms with van der Waals surface area (Å²) in [5.41, 5.74) is 1.45. The van der Waals surface area contributed by atoms with Gasteiger partial charge in [0.1, 0.15) is 10.6 Å². The molecule has 0 bridgehead atoms. The minimum absolute atomic E-state index is 0.340. The number of nitrogens with zero attached hydrogens (tertiary/aromatic N) is 2. The Morgan fingerprint density at radius 1 is 1.29 bits per heavy atom. The van der Waals surface area contributed by atoms with Gasteiger partial charge in [0.05, 0.1) is 5.39 Å². The summed E-state index contributed by atoms with van der Waals surface area (Å²) in [4.78, 5) is 11.2. The van der Waals surface area contributed by atoms with Gasteiger partial charge in [-0.25, -0.2) is 9.97 Å². The van der Waals surface area contributed by atoms with Gasteiger partial charge in [-0.1, -0.05) is 0 Å². The van der Waals surface area contributed by atoms with E-state index in [4.69, 9.17) is 11.6 Å². The lowest BCUT2D eigenvalue weighted by Crippen LogP contribution is -2.03. The molecule has 2 aromatic rings. The quantitative estimate of drug-likeness (QED) is 0.844. The molecule has 0 atom stereocenters. The summed E-state index contributed by atoms with van der Waals surface area (Å²) in [6.45, 7) is 2.92. The number of nitrogens with one attached hydrogen (secondary N) is 1. The Bertz CT molecular complexity index is 564. The summed E-state index contributed by atoms with van der Waals surface area (Å²) >= 11 is 7.75. The Kier molecular flexibility index (Phi) is 2.92. The van der Waals surface area contributed by atoms with Gasteiger partial charge in [-0.3, -0.25) is 0 Å². The van der Waals surface area contributed by atoms with Crippen LogP contribution in [0.4, 0.5) is 5.82 Å². The fourth-order valence-corrected chi connectivity index (χ4v) is 3.91. The molecule has 0 saturated heterocycles. The molecule has 0 aromatic carbocycles. The van der Waals surface area contributed by atoms with E-state index in [1.54, 1.807) is 11.3 Å². The van der Waals surface area contributed by atoms with Crippen molar-refractivity contribution in [2.75, 3.05) is 11.9 Å². The third-order valence-electron chi connectivity index (χ3n) is 3.13. The van der Waals surface area contributed by atoms with Crippen LogP contribution in [0.25, 0.3) is 10.2 Å². The van der Waals surface area contributed by atoms with Crippen LogP contribution < -0.4 is 5.32 Å². The third-order valence-corrected chi connectivity index (χ3v) is 4.49. The van der Waals surface area contributed by atoms with Crippen molar-refractivity contribution in [1.82, 2.24) is 9.97 Å². The highest BCUT2D eigenvalue weighted by molar-refractivity contribution is 7.19. The van der Waals surface area contributed by atoms with E-state index >= 15 is 0 Å². The summed E-state index contributed by atoms with van der Waals surface area (Å²) in [5, 5.41) is 4.84. The number of aromatic nitrogens is 2. The van der Waals surface area contributed by atoms with Crippen LogP contribution in [0.15, 0.2) is 0 Å². The van der Waals surface area contributed by atoms with Gasteiger partial charge < -0.3 is 5.32 Å². The van der Waals surface area contributed by atoms with E-state index in [1.807, 2.05) is 0 Å². The minimum atomic E-state index is 0.340. The highest BCUT2D eigenvalue weighted by atomic mass is 35.5. The number of hydrogen-bond acceptors (Lipinski definition) is 4. The van der Waals surface area contributed by atoms with Crippen molar-refractivity contribution in [2.45, 2.75) is 32.6 Å². The number of hydrogen-bond donors (Lipinski definition) is 1. The predicted octanol–water partition coefficient (Wildman–Crippen LogP) is 3.66. The maximum atomic E-state index is 5.97. The van der Waals surface area contributed by atoms with Crippen molar-refractivity contribution in [1.29, 1.82) is 0 Å². The van der Waals surface area contributed by atoms with Gasteiger partial charge >= 0.3 is 0 Å². The van der Waals surface area contributed by atoms with Gasteiger partial charge in [0.15, 0.2) is 0 Å². The molecule has 0 fully saturated rings. The molecule has 1 aliphatic rings. The summed E-state index contributed by atoms with van der Waals surface area (Å²) in [5.74, 6) is 0.905. The minimum Gasteiger partial charge on any atom is -0.370 e. The van der Waals surface area contributed by atoms with E-state index in [2.05, 4.69) is 22.2 Å². The van der Waals surface area contributed by atoms with Crippen molar-refractivity contribution in [2.24, 2.45) is 0 Å². The summed E-state index contributed by atoms with van der Waals surface area (Å²) < 4.78 is 0. The highest BCUT2D eigenvalue weighted by Crippen LogP contribution is 2.38. The summed E-state index contributed by atoms with van der Waals surface area (Å²) in [6, 6.07) is 0. The van der Waals surface area contributed by atoms with Crippen LogP contribution in [0.1, 0.15) is 30.2 Å². The van der Waals surface area contributed by atoms with Crippen LogP contribution in [0.5, 0.6) is 0 Å². The average Bonchev–Trinajstić information content (AvgIpc) is 2.67. The van der Waals surface area contributed by atoms with Gasteiger partial charge in [-0.2, -0.15) is 0 Å². The van der Waals surface area contributed by atoms with E-state index in [9.17, 15) is 0 Å². The molecule has 1 N–H and O–H groups in total. The first-order valence-corrected chi connectivity index (χ1v) is 7.20. The standard InChI is InChI=1S/C12H14ClN3S/c1-2-14-10-9-7-5-3-4-6-8(7)17-11(9)16-12(13)15-10/h2-6H2,1H3,(H,14,15,16). The Hall–Kier alpha value is -0.870. The van der Waals surface area contributed by atoms with Crippen LogP contribution in [0, 0.1) is 0 Å². The lowest BCUT2D eigenvalue weighted by atomic mass is 9.97. The first-order chi connectivity index (χ1) is 8.29. The molecule has 17 heavy (non-hydrogen) atoms. The third kappa shape index (κ3) is 1.89. The van der Waals surface area contributed by atoms with Crippen molar-refractivity contribution in [3.8, 4) is 0 Å². The number of halogens is 1. The number of thiophene rings is 1. The Balaban J connectivity index is 2.26. The number of fused-ring (bicyclic) bond motifs is 3. The molecule has 0 unspecified atom stereocenters. The fourth-order valence-electron chi connectivity index (χ4n) is 2.43. The van der Waals surface area contributed by atoms with Crippen molar-refractivity contribution in [3.05, 3.63) is 15.7 Å². The Morgan fingerprint density at radius 2 is 2.12 bits per heavy atom. The molecular formula is C12H14ClN3S. The van der Waals surface area contributed by atoms with Crippen molar-refractivity contribution in [3.63, 3.8) is 0 Å². The molecule has 0 saturated carbocycles. The van der Waals surface area contributed by atoms with Crippen LogP contribution in [0.2, 0.25) is 5.28 Å². The van der Waals surface area contributed by atoms with Crippen LogP contribution in [-0.2, 0) is 12.8 Å². The normalized spacial score (nSPS) is 14.9. The maximum Gasteiger partial charge on any atom is 0.225 e. The van der Waals surface area contributed by atoms with E-state index in [0.29, 0.717) is 5.28 Å². The highest BCUT2D eigenvalue weighted by Gasteiger charge is 2.20. The largest absolute Gasteiger partial charge is 0.370 e. The lowest BCUT2D eigenvalue weighted by Gasteiger charge is -2.12. The van der Waals surface area contributed by atoms with Crippen LogP contribution in [-0.4, -0.2) is 16.5 Å². The average molecular weight is 268 g/mol. The second kappa shape index (κ2) is 4.42. The molecule has 0 radical (unpaired) electrons. The zero-order chi connectivity index (χ0) is 11.8. The number of rotatable bonds is 2. The molecular weight excluding hydrogens is 254 g/mol. The maximum absolute atomic E-state index is 5.97. The lowest BCUT2D eigenvalue weighted by molar-refractivity contribution is 0.700. The van der Waals surface area contributed by atoms with E-state index in [0.717, 1.165) is 23.6 Å². The van der Waals surface area contributed by atoms with E-state index < -0.39 is 0 Å². The van der Waals surface area contributed by atoms with Gasteiger partial charge in [0.25, 0.3) is 0 Å². The van der Waals surface area contributed by atoms with Crippen molar-refractivity contribution >= 4 is 39.0 Å². The molecule has 2 aromatic heterocycles. The van der Waals surface area contributed by atoms with Crippen LogP contribution >= 0.6 is 22.9 Å². The monoisotopic (exact) mass is 267 g/mol. The molecule has 1 aliphatic carbocycles. The van der Waals surface area contributed by atoms with Gasteiger partial charge in [0, 0.05) is 11.4 Å². The van der Waals surface area contributed by atoms with Gasteiger partial charge in [-0.15, -0.1) is 11.3 Å². The molecule has 2 heterocycles. The Morgan fingerprint density at radius 3 is 2.94 bits per heavy atom. The second-order valence-electron chi connectivity index (χ2n) is 4.26. The zero-order valence-electron chi connectivity index (χ0n) is 9.72. The first kappa shape index (κ1) is 11.2. The molecule has 0 amide bonds. The molecule has 0 spiro atoms. The number of aryl methyl sites for hydroxylation is 2. The molecule has 90 valence electrons. The number of anilines is 1. The van der Waals surface area contributed by atoms with E-state index in [-0.39, 0.29) is 0 Å². The summed E-state index contributed by atoms with van der Waals surface area (Å²) in [6.07, 6.45) is 4.89. The molecule has 3 nitrogen and oxygen atoms in total. The smallest absolute Gasteiger partial charge is 0.225 e. The SMILES string of the molecule is CCNc1nc(Cl)nc2sc3c(c12)CCCC3. The van der Waals surface area contributed by atoms with Gasteiger partial charge in [0.2, 0.25) is 5.28 Å².